The smallest absolute Gasteiger partial charge is 0.260 e. The maximum atomic E-state index is 12.8. The van der Waals surface area contributed by atoms with E-state index in [0.717, 1.165) is 0 Å². The van der Waals surface area contributed by atoms with Crippen LogP contribution < -0.4 is 9.47 Å². The van der Waals surface area contributed by atoms with Crippen LogP contribution in [0.3, 0.4) is 0 Å². The summed E-state index contributed by atoms with van der Waals surface area (Å²) in [5.74, 6) is 1.03. The largest absolute Gasteiger partial charge is 0.497 e. The normalized spacial score (nSPS) is 14.8. The molecule has 1 aliphatic rings. The van der Waals surface area contributed by atoms with E-state index in [1.54, 1.807) is 48.4 Å². The van der Waals surface area contributed by atoms with Crippen molar-refractivity contribution < 1.29 is 22.7 Å². The van der Waals surface area contributed by atoms with E-state index in [2.05, 4.69) is 0 Å². The molecule has 0 spiro atoms. The first-order valence-corrected chi connectivity index (χ1v) is 10.4. The molecule has 1 amide bonds. The van der Waals surface area contributed by atoms with E-state index in [-0.39, 0.29) is 49.2 Å². The predicted molar refractivity (Wildman–Crippen MR) is 105 cm³/mol. The van der Waals surface area contributed by atoms with Crippen LogP contribution in [0.25, 0.3) is 0 Å². The van der Waals surface area contributed by atoms with Crippen LogP contribution in [0.2, 0.25) is 0 Å². The van der Waals surface area contributed by atoms with Crippen molar-refractivity contribution in [2.75, 3.05) is 39.9 Å². The van der Waals surface area contributed by atoms with E-state index in [1.165, 1.54) is 16.4 Å². The number of hydrogen-bond acceptors (Lipinski definition) is 6. The van der Waals surface area contributed by atoms with Crippen LogP contribution in [-0.4, -0.2) is 63.4 Å². The fourth-order valence-corrected chi connectivity index (χ4v) is 4.57. The quantitative estimate of drug-likeness (QED) is 0.709. The lowest BCUT2D eigenvalue weighted by atomic mass is 10.2. The Balaban J connectivity index is 1.56. The van der Waals surface area contributed by atoms with Gasteiger partial charge in [-0.2, -0.15) is 9.57 Å². The van der Waals surface area contributed by atoms with Crippen LogP contribution in [0.4, 0.5) is 0 Å². The van der Waals surface area contributed by atoms with Crippen LogP contribution in [0.5, 0.6) is 11.5 Å². The zero-order valence-corrected chi connectivity index (χ0v) is 16.8. The van der Waals surface area contributed by atoms with Gasteiger partial charge in [0.15, 0.2) is 6.61 Å². The molecule has 0 atom stereocenters. The lowest BCUT2D eigenvalue weighted by Crippen LogP contribution is -2.51. The number of methoxy groups -OCH3 is 1. The van der Waals surface area contributed by atoms with Gasteiger partial charge in [0, 0.05) is 26.2 Å². The van der Waals surface area contributed by atoms with Gasteiger partial charge in [-0.15, -0.1) is 0 Å². The van der Waals surface area contributed by atoms with E-state index in [1.807, 2.05) is 6.07 Å². The number of amides is 1. The molecule has 9 heteroatoms. The van der Waals surface area contributed by atoms with Crippen molar-refractivity contribution in [2.24, 2.45) is 0 Å². The fraction of sp³-hybridized carbons (Fsp3) is 0.300. The Morgan fingerprint density at radius 2 is 1.66 bits per heavy atom. The summed E-state index contributed by atoms with van der Waals surface area (Å²) in [6, 6.07) is 14.9. The second-order valence-corrected chi connectivity index (χ2v) is 8.26. The van der Waals surface area contributed by atoms with E-state index in [9.17, 15) is 18.5 Å². The highest BCUT2D eigenvalue weighted by molar-refractivity contribution is 7.89. The second-order valence-electron chi connectivity index (χ2n) is 6.36. The number of carbonyl (C=O) groups is 1. The molecule has 8 nitrogen and oxygen atoms in total. The van der Waals surface area contributed by atoms with Crippen molar-refractivity contribution in [2.45, 2.75) is 4.90 Å². The van der Waals surface area contributed by atoms with Crippen LogP contribution in [0, 0.1) is 11.3 Å². The van der Waals surface area contributed by atoms with Gasteiger partial charge >= 0.3 is 0 Å². The minimum atomic E-state index is -3.79. The van der Waals surface area contributed by atoms with Gasteiger partial charge in [-0.05, 0) is 36.4 Å². The average molecular weight is 415 g/mol. The van der Waals surface area contributed by atoms with Crippen molar-refractivity contribution in [1.82, 2.24) is 9.21 Å². The van der Waals surface area contributed by atoms with E-state index >= 15 is 0 Å². The number of nitrogens with zero attached hydrogens (tertiary/aromatic N) is 3. The first kappa shape index (κ1) is 20.6. The van der Waals surface area contributed by atoms with Crippen molar-refractivity contribution in [3.8, 4) is 17.6 Å². The number of rotatable bonds is 6. The lowest BCUT2D eigenvalue weighted by Gasteiger charge is -2.34. The number of sulfonamides is 1. The van der Waals surface area contributed by atoms with Crippen LogP contribution in [-0.2, 0) is 14.8 Å². The minimum Gasteiger partial charge on any atom is -0.497 e. The maximum Gasteiger partial charge on any atom is 0.260 e. The molecule has 0 bridgehead atoms. The van der Waals surface area contributed by atoms with E-state index in [0.29, 0.717) is 11.5 Å². The zero-order chi connectivity index (χ0) is 20.9. The molecule has 1 fully saturated rings. The molecule has 0 aromatic heterocycles. The zero-order valence-electron chi connectivity index (χ0n) is 15.9. The summed E-state index contributed by atoms with van der Waals surface area (Å²) in [6.07, 6.45) is 0. The molecule has 2 aromatic rings. The molecule has 29 heavy (non-hydrogen) atoms. The summed E-state index contributed by atoms with van der Waals surface area (Å²) in [5.41, 5.74) is 0.110. The third-order valence-electron chi connectivity index (χ3n) is 4.64. The van der Waals surface area contributed by atoms with E-state index in [4.69, 9.17) is 9.47 Å². The van der Waals surface area contributed by atoms with Gasteiger partial charge in [-0.25, -0.2) is 8.42 Å². The number of benzene rings is 2. The highest BCUT2D eigenvalue weighted by Gasteiger charge is 2.31. The second kappa shape index (κ2) is 8.94. The summed E-state index contributed by atoms with van der Waals surface area (Å²) in [6.45, 7) is 0.723. The van der Waals surface area contributed by atoms with Gasteiger partial charge in [0.1, 0.15) is 17.6 Å². The molecule has 1 aliphatic heterocycles. The molecule has 0 N–H and O–H groups in total. The van der Waals surface area contributed by atoms with Crippen molar-refractivity contribution in [1.29, 1.82) is 5.26 Å². The topological polar surface area (TPSA) is 99.9 Å². The third kappa shape index (κ3) is 4.67. The Morgan fingerprint density at radius 3 is 2.28 bits per heavy atom. The first-order chi connectivity index (χ1) is 14.0. The summed E-state index contributed by atoms with van der Waals surface area (Å²) in [4.78, 5) is 14.0. The molecule has 3 rings (SSSR count). The Labute approximate surface area is 169 Å². The Kier molecular flexibility index (Phi) is 6.36. The van der Waals surface area contributed by atoms with Crippen LogP contribution in [0.1, 0.15) is 5.56 Å². The van der Waals surface area contributed by atoms with Crippen molar-refractivity contribution in [3.63, 3.8) is 0 Å². The van der Waals surface area contributed by atoms with Gasteiger partial charge in [0.2, 0.25) is 10.0 Å². The molecule has 0 saturated carbocycles. The van der Waals surface area contributed by atoms with Crippen molar-refractivity contribution in [3.05, 3.63) is 54.1 Å². The standard InChI is InChI=1S/C20H21N3O5S/c1-27-17-6-8-18(9-7-17)28-15-20(24)22-10-12-23(13-11-22)29(25,26)19-5-3-2-4-16(19)14-21/h2-9H,10-13,15H2,1H3. The van der Waals surface area contributed by atoms with Gasteiger partial charge in [0.25, 0.3) is 5.91 Å². The SMILES string of the molecule is COc1ccc(OCC(=O)N2CCN(S(=O)(=O)c3ccccc3C#N)CC2)cc1. The highest BCUT2D eigenvalue weighted by Crippen LogP contribution is 2.21. The Bertz CT molecular complexity index is 1010. The fourth-order valence-electron chi connectivity index (χ4n) is 3.01. The monoisotopic (exact) mass is 415 g/mol. The highest BCUT2D eigenvalue weighted by atomic mass is 32.2. The van der Waals surface area contributed by atoms with Gasteiger partial charge in [-0.3, -0.25) is 4.79 Å². The number of piperazine rings is 1. The maximum absolute atomic E-state index is 12.8. The minimum absolute atomic E-state index is 0.00915. The van der Waals surface area contributed by atoms with Gasteiger partial charge in [-0.1, -0.05) is 12.1 Å². The molecule has 0 unspecified atom stereocenters. The predicted octanol–water partition coefficient (Wildman–Crippen LogP) is 1.48. The number of nitriles is 1. The molecule has 0 aliphatic carbocycles. The molecule has 1 saturated heterocycles. The summed E-state index contributed by atoms with van der Waals surface area (Å²) in [5, 5.41) is 9.17. The summed E-state index contributed by atoms with van der Waals surface area (Å²) < 4.78 is 37.6. The number of carbonyl (C=O) groups excluding carboxylic acids is 1. The van der Waals surface area contributed by atoms with E-state index < -0.39 is 10.0 Å². The Hall–Kier alpha value is -3.09. The van der Waals surface area contributed by atoms with Crippen LogP contribution >= 0.6 is 0 Å². The van der Waals surface area contributed by atoms with Gasteiger partial charge < -0.3 is 14.4 Å². The third-order valence-corrected chi connectivity index (χ3v) is 6.60. The molecular formula is C20H21N3O5S. The molecule has 0 radical (unpaired) electrons. The molecule has 152 valence electrons. The first-order valence-electron chi connectivity index (χ1n) is 8.99. The number of ether oxygens (including phenoxy) is 2. The lowest BCUT2D eigenvalue weighted by molar-refractivity contribution is -0.134. The average Bonchev–Trinajstić information content (AvgIpc) is 2.77. The van der Waals surface area contributed by atoms with Crippen LogP contribution in [0.15, 0.2) is 53.4 Å². The molecule has 2 aromatic carbocycles. The molecule has 1 heterocycles. The molecular weight excluding hydrogens is 394 g/mol. The Morgan fingerprint density at radius 1 is 1.03 bits per heavy atom. The van der Waals surface area contributed by atoms with Crippen molar-refractivity contribution >= 4 is 15.9 Å². The summed E-state index contributed by atoms with van der Waals surface area (Å²) in [7, 11) is -2.22. The number of hydrogen-bond donors (Lipinski definition) is 0. The van der Waals surface area contributed by atoms with Gasteiger partial charge in [0.05, 0.1) is 17.6 Å². The summed E-state index contributed by atoms with van der Waals surface area (Å²) >= 11 is 0.